The Kier molecular flexibility index (Phi) is 6.02. The van der Waals surface area contributed by atoms with Crippen molar-refractivity contribution in [3.63, 3.8) is 0 Å². The molecular formula is C49H34. The molecule has 0 saturated carbocycles. The van der Waals surface area contributed by atoms with Crippen molar-refractivity contribution in [2.45, 2.75) is 19.3 Å². The van der Waals surface area contributed by atoms with E-state index in [1.165, 1.54) is 98.7 Å². The first-order chi connectivity index (χ1) is 24.1. The van der Waals surface area contributed by atoms with Crippen molar-refractivity contribution in [2.24, 2.45) is 0 Å². The maximum Gasteiger partial charge on any atom is 0.0159 e. The maximum atomic E-state index is 2.43. The molecule has 0 N–H and O–H groups in total. The van der Waals surface area contributed by atoms with Crippen molar-refractivity contribution in [3.05, 3.63) is 181 Å². The normalized spacial score (nSPS) is 13.3. The fraction of sp³-hybridized carbons (Fsp3) is 0.0612. The molecule has 0 heterocycles. The van der Waals surface area contributed by atoms with Gasteiger partial charge in [0, 0.05) is 5.41 Å². The van der Waals surface area contributed by atoms with Crippen molar-refractivity contribution < 1.29 is 0 Å². The molecule has 0 spiro atoms. The molecule has 0 atom stereocenters. The Morgan fingerprint density at radius 2 is 0.694 bits per heavy atom. The molecule has 230 valence electrons. The highest BCUT2D eigenvalue weighted by Crippen LogP contribution is 2.50. The van der Waals surface area contributed by atoms with E-state index in [4.69, 9.17) is 0 Å². The van der Waals surface area contributed by atoms with Gasteiger partial charge in [-0.1, -0.05) is 172 Å². The molecule has 9 aromatic carbocycles. The minimum absolute atomic E-state index is 0.0225. The van der Waals surface area contributed by atoms with Crippen LogP contribution in [0.1, 0.15) is 25.0 Å². The molecule has 0 aromatic heterocycles. The number of fused-ring (bicyclic) bond motifs is 10. The van der Waals surface area contributed by atoms with E-state index >= 15 is 0 Å². The Hall–Kier alpha value is -5.98. The maximum absolute atomic E-state index is 2.43. The largest absolute Gasteiger partial charge is 0.0619 e. The van der Waals surface area contributed by atoms with Gasteiger partial charge >= 0.3 is 0 Å². The Balaban J connectivity index is 1.05. The first-order valence-corrected chi connectivity index (χ1v) is 17.3. The Morgan fingerprint density at radius 3 is 1.35 bits per heavy atom. The fourth-order valence-electron chi connectivity index (χ4n) is 8.60. The molecule has 0 aliphatic heterocycles. The molecule has 0 amide bonds. The highest BCUT2D eigenvalue weighted by Gasteiger charge is 2.35. The molecule has 0 nitrogen and oxygen atoms in total. The van der Waals surface area contributed by atoms with Crippen LogP contribution in [0.25, 0.3) is 87.6 Å². The van der Waals surface area contributed by atoms with Crippen LogP contribution in [-0.4, -0.2) is 0 Å². The summed E-state index contributed by atoms with van der Waals surface area (Å²) in [5.41, 5.74) is 13.0. The SMILES string of the molecule is CC1(C)c2ccccc2-c2ccc(-c3ccc(-c4ccc(-c5ccc6c7ccccc7c7ccccc7c6c5)cc4)c4ccccc34)cc21. The summed E-state index contributed by atoms with van der Waals surface area (Å²) >= 11 is 0. The van der Waals surface area contributed by atoms with E-state index in [1.54, 1.807) is 0 Å². The Morgan fingerprint density at radius 1 is 0.265 bits per heavy atom. The van der Waals surface area contributed by atoms with Gasteiger partial charge < -0.3 is 0 Å². The van der Waals surface area contributed by atoms with Gasteiger partial charge in [0.1, 0.15) is 0 Å². The quantitative estimate of drug-likeness (QED) is 0.172. The van der Waals surface area contributed by atoms with Gasteiger partial charge in [-0.25, -0.2) is 0 Å². The van der Waals surface area contributed by atoms with Gasteiger partial charge in [0.2, 0.25) is 0 Å². The van der Waals surface area contributed by atoms with Crippen LogP contribution >= 0.6 is 0 Å². The van der Waals surface area contributed by atoms with E-state index in [1.807, 2.05) is 0 Å². The van der Waals surface area contributed by atoms with Gasteiger partial charge in [0.25, 0.3) is 0 Å². The molecule has 0 bridgehead atoms. The van der Waals surface area contributed by atoms with E-state index in [0.717, 1.165) is 0 Å². The van der Waals surface area contributed by atoms with Crippen LogP contribution < -0.4 is 0 Å². The molecule has 10 rings (SSSR count). The molecule has 9 aromatic rings. The van der Waals surface area contributed by atoms with Gasteiger partial charge in [-0.05, 0) is 111 Å². The van der Waals surface area contributed by atoms with Crippen LogP contribution in [0.5, 0.6) is 0 Å². The third-order valence-corrected chi connectivity index (χ3v) is 11.1. The smallest absolute Gasteiger partial charge is 0.0159 e. The summed E-state index contributed by atoms with van der Waals surface area (Å²) < 4.78 is 0. The van der Waals surface area contributed by atoms with Crippen LogP contribution in [0.3, 0.4) is 0 Å². The zero-order valence-corrected chi connectivity index (χ0v) is 27.7. The van der Waals surface area contributed by atoms with E-state index in [2.05, 4.69) is 184 Å². The minimum Gasteiger partial charge on any atom is -0.0619 e. The van der Waals surface area contributed by atoms with Crippen molar-refractivity contribution >= 4 is 43.1 Å². The fourth-order valence-corrected chi connectivity index (χ4v) is 8.60. The predicted molar refractivity (Wildman–Crippen MR) is 210 cm³/mol. The van der Waals surface area contributed by atoms with Crippen LogP contribution in [0.2, 0.25) is 0 Å². The number of rotatable bonds is 3. The summed E-state index contributed by atoms with van der Waals surface area (Å²) in [4.78, 5) is 0. The third-order valence-electron chi connectivity index (χ3n) is 11.1. The summed E-state index contributed by atoms with van der Waals surface area (Å²) in [6.07, 6.45) is 0. The number of benzene rings is 9. The molecule has 0 unspecified atom stereocenters. The zero-order valence-electron chi connectivity index (χ0n) is 27.7. The van der Waals surface area contributed by atoms with E-state index in [-0.39, 0.29) is 5.41 Å². The summed E-state index contributed by atoms with van der Waals surface area (Å²) in [6.45, 7) is 4.71. The lowest BCUT2D eigenvalue weighted by Gasteiger charge is -2.22. The summed E-state index contributed by atoms with van der Waals surface area (Å²) in [7, 11) is 0. The van der Waals surface area contributed by atoms with Gasteiger partial charge in [-0.15, -0.1) is 0 Å². The van der Waals surface area contributed by atoms with Crippen LogP contribution in [0.4, 0.5) is 0 Å². The summed E-state index contributed by atoms with van der Waals surface area (Å²) in [5, 5.41) is 10.4. The second-order valence-corrected chi connectivity index (χ2v) is 14.1. The number of hydrogen-bond acceptors (Lipinski definition) is 0. The summed E-state index contributed by atoms with van der Waals surface area (Å²) in [5.74, 6) is 0. The second kappa shape index (κ2) is 10.5. The highest BCUT2D eigenvalue weighted by atomic mass is 14.4. The monoisotopic (exact) mass is 622 g/mol. The van der Waals surface area contributed by atoms with Crippen LogP contribution in [-0.2, 0) is 5.41 Å². The average Bonchev–Trinajstić information content (AvgIpc) is 3.40. The second-order valence-electron chi connectivity index (χ2n) is 14.1. The van der Waals surface area contributed by atoms with E-state index in [9.17, 15) is 0 Å². The molecular weight excluding hydrogens is 589 g/mol. The lowest BCUT2D eigenvalue weighted by molar-refractivity contribution is 0.660. The van der Waals surface area contributed by atoms with Gasteiger partial charge in [-0.2, -0.15) is 0 Å². The molecule has 49 heavy (non-hydrogen) atoms. The first-order valence-electron chi connectivity index (χ1n) is 17.3. The predicted octanol–water partition coefficient (Wildman–Crippen LogP) is 13.6. The minimum atomic E-state index is -0.0225. The standard InChI is InChI=1S/C49H34/c1-49(2)47-18-10-9-17-44(47)45-26-24-34(30-48(45)49)36-28-27-35(37-11-3-4-12-38(36)37)32-21-19-31(20-22-32)33-23-25-43-41-15-6-5-13-39(41)40-14-7-8-16-42(40)46(43)29-33/h3-30H,1-2H3. The zero-order chi connectivity index (χ0) is 32.7. The first kappa shape index (κ1) is 28.1. The Bertz CT molecular complexity index is 2740. The highest BCUT2D eigenvalue weighted by molar-refractivity contribution is 6.25. The molecule has 0 saturated heterocycles. The lowest BCUT2D eigenvalue weighted by atomic mass is 9.81. The van der Waals surface area contributed by atoms with Crippen molar-refractivity contribution in [1.82, 2.24) is 0 Å². The van der Waals surface area contributed by atoms with Crippen LogP contribution in [0, 0.1) is 0 Å². The van der Waals surface area contributed by atoms with Crippen molar-refractivity contribution in [1.29, 1.82) is 0 Å². The number of hydrogen-bond donors (Lipinski definition) is 0. The molecule has 0 fully saturated rings. The van der Waals surface area contributed by atoms with Gasteiger partial charge in [-0.3, -0.25) is 0 Å². The molecule has 1 aliphatic carbocycles. The molecule has 1 aliphatic rings. The van der Waals surface area contributed by atoms with Gasteiger partial charge in [0.15, 0.2) is 0 Å². The van der Waals surface area contributed by atoms with E-state index in [0.29, 0.717) is 0 Å². The van der Waals surface area contributed by atoms with Crippen LogP contribution in [0.15, 0.2) is 170 Å². The third kappa shape index (κ3) is 4.17. The summed E-state index contributed by atoms with van der Waals surface area (Å²) in [6, 6.07) is 63.1. The molecule has 0 heteroatoms. The topological polar surface area (TPSA) is 0 Å². The van der Waals surface area contributed by atoms with Gasteiger partial charge in [0.05, 0.1) is 0 Å². The van der Waals surface area contributed by atoms with Crippen molar-refractivity contribution in [3.8, 4) is 44.5 Å². The van der Waals surface area contributed by atoms with E-state index < -0.39 is 0 Å². The molecule has 0 radical (unpaired) electrons. The average molecular weight is 623 g/mol. The Labute approximate surface area is 286 Å². The lowest BCUT2D eigenvalue weighted by Crippen LogP contribution is -2.14. The van der Waals surface area contributed by atoms with Crippen molar-refractivity contribution in [2.75, 3.05) is 0 Å².